The number of hydrogen-bond donors (Lipinski definition) is 4. The Kier molecular flexibility index (Phi) is 5.71. The molecule has 3 aromatic heterocycles. The van der Waals surface area contributed by atoms with E-state index in [9.17, 15) is 4.79 Å². The van der Waals surface area contributed by atoms with Crippen molar-refractivity contribution in [2.75, 3.05) is 23.7 Å². The number of aromatic nitrogens is 5. The lowest BCUT2D eigenvalue weighted by Gasteiger charge is -2.18. The van der Waals surface area contributed by atoms with Crippen molar-refractivity contribution < 1.29 is 4.79 Å². The van der Waals surface area contributed by atoms with E-state index in [4.69, 9.17) is 0 Å². The largest absolute Gasteiger partial charge is 0.346 e. The van der Waals surface area contributed by atoms with E-state index in [2.05, 4.69) is 54.5 Å². The molecule has 3 heterocycles. The smallest absolute Gasteiger partial charge is 0.275 e. The second kappa shape index (κ2) is 8.75. The quantitative estimate of drug-likeness (QED) is 0.357. The molecule has 0 aliphatic rings. The Morgan fingerprint density at radius 2 is 1.90 bits per heavy atom. The number of carbonyl (C=O) groups is 1. The average molecular weight is 404 g/mol. The van der Waals surface area contributed by atoms with Crippen molar-refractivity contribution in [1.29, 1.82) is 0 Å². The highest BCUT2D eigenvalue weighted by Crippen LogP contribution is 2.24. The molecule has 0 aliphatic heterocycles. The van der Waals surface area contributed by atoms with Crippen molar-refractivity contribution in [3.8, 4) is 0 Å². The van der Waals surface area contributed by atoms with Crippen molar-refractivity contribution in [3.63, 3.8) is 0 Å². The van der Waals surface area contributed by atoms with Crippen LogP contribution in [-0.4, -0.2) is 49.0 Å². The van der Waals surface area contributed by atoms with E-state index in [-0.39, 0.29) is 5.91 Å². The monoisotopic (exact) mass is 404 g/mol. The van der Waals surface area contributed by atoms with Crippen LogP contribution in [0.5, 0.6) is 0 Å². The molecule has 0 saturated heterocycles. The van der Waals surface area contributed by atoms with Crippen molar-refractivity contribution in [2.24, 2.45) is 0 Å². The van der Waals surface area contributed by atoms with E-state index < -0.39 is 0 Å². The van der Waals surface area contributed by atoms with Crippen LogP contribution < -0.4 is 10.6 Å². The maximum Gasteiger partial charge on any atom is 0.275 e. The molecular weight excluding hydrogens is 380 g/mol. The Labute approximate surface area is 173 Å². The van der Waals surface area contributed by atoms with Crippen LogP contribution in [0.3, 0.4) is 0 Å². The van der Waals surface area contributed by atoms with Crippen LogP contribution in [0.4, 0.5) is 17.2 Å². The molecule has 0 radical (unpaired) electrons. The first-order valence-corrected chi connectivity index (χ1v) is 9.89. The van der Waals surface area contributed by atoms with Gasteiger partial charge in [-0.3, -0.25) is 14.8 Å². The van der Waals surface area contributed by atoms with E-state index in [1.165, 1.54) is 11.9 Å². The minimum Gasteiger partial charge on any atom is -0.346 e. The first kappa shape index (κ1) is 19.6. The Morgan fingerprint density at radius 1 is 1.10 bits per heavy atom. The lowest BCUT2D eigenvalue weighted by Crippen LogP contribution is -2.22. The number of benzene rings is 1. The fourth-order valence-electron chi connectivity index (χ4n) is 3.25. The predicted molar refractivity (Wildman–Crippen MR) is 117 cm³/mol. The molecule has 4 aromatic rings. The first-order chi connectivity index (χ1) is 14.7. The molecule has 1 amide bonds. The van der Waals surface area contributed by atoms with Gasteiger partial charge in [0.05, 0.1) is 17.3 Å². The summed E-state index contributed by atoms with van der Waals surface area (Å²) >= 11 is 0. The molecule has 0 saturated carbocycles. The van der Waals surface area contributed by atoms with Gasteiger partial charge in [0.2, 0.25) is 0 Å². The number of fused-ring (bicyclic) bond motifs is 1. The summed E-state index contributed by atoms with van der Waals surface area (Å²) in [6.07, 6.45) is 4.81. The molecule has 0 atom stereocenters. The molecule has 9 nitrogen and oxygen atoms in total. The van der Waals surface area contributed by atoms with Crippen LogP contribution >= 0.6 is 0 Å². The van der Waals surface area contributed by atoms with Gasteiger partial charge in [-0.15, -0.1) is 0 Å². The fraction of sp³-hybridized carbons (Fsp3) is 0.238. The molecule has 30 heavy (non-hydrogen) atoms. The molecule has 0 aliphatic carbocycles. The molecule has 0 unspecified atom stereocenters. The van der Waals surface area contributed by atoms with Gasteiger partial charge in [0.15, 0.2) is 0 Å². The van der Waals surface area contributed by atoms with Gasteiger partial charge in [0.1, 0.15) is 23.5 Å². The molecule has 1 aromatic carbocycles. The predicted octanol–water partition coefficient (Wildman–Crippen LogP) is 3.52. The summed E-state index contributed by atoms with van der Waals surface area (Å²) in [6.45, 7) is 7.20. The number of nitrogens with one attached hydrogen (secondary N) is 4. The third-order valence-corrected chi connectivity index (χ3v) is 4.99. The first-order valence-electron chi connectivity index (χ1n) is 9.89. The third kappa shape index (κ3) is 4.15. The summed E-state index contributed by atoms with van der Waals surface area (Å²) in [7, 11) is 0. The second-order valence-electron chi connectivity index (χ2n) is 6.86. The van der Waals surface area contributed by atoms with Crippen molar-refractivity contribution >= 4 is 34.1 Å². The molecule has 0 fully saturated rings. The number of aromatic amines is 2. The minimum absolute atomic E-state index is 0.286. The zero-order chi connectivity index (χ0) is 20.9. The van der Waals surface area contributed by atoms with E-state index >= 15 is 0 Å². The number of H-pyrrole nitrogens is 2. The molecule has 0 bridgehead atoms. The Morgan fingerprint density at radius 3 is 2.67 bits per heavy atom. The van der Waals surface area contributed by atoms with E-state index in [0.29, 0.717) is 22.8 Å². The van der Waals surface area contributed by atoms with E-state index in [1.807, 2.05) is 30.3 Å². The molecule has 4 rings (SSSR count). The Bertz CT molecular complexity index is 1130. The number of nitrogens with zero attached hydrogens (tertiary/aromatic N) is 4. The lowest BCUT2D eigenvalue weighted by atomic mass is 10.2. The molecule has 4 N–H and O–H groups in total. The maximum absolute atomic E-state index is 12.8. The van der Waals surface area contributed by atoms with Gasteiger partial charge in [-0.25, -0.2) is 9.97 Å². The summed E-state index contributed by atoms with van der Waals surface area (Å²) < 4.78 is 0. The summed E-state index contributed by atoms with van der Waals surface area (Å²) in [5, 5.41) is 13.7. The highest BCUT2D eigenvalue weighted by atomic mass is 16.2. The summed E-state index contributed by atoms with van der Waals surface area (Å²) in [4.78, 5) is 26.6. The standard InChI is InChI=1S/C21H24N8O/c1-3-29(4-2)12-14-5-7-15(8-6-14)26-21(30)18-17(11-25-28-18)27-20-16-9-10-22-19(16)23-13-24-20/h5-11,13H,3-4,12H2,1-2H3,(H,25,28)(H,26,30)(H2,22,23,24,27). The third-order valence-electron chi connectivity index (χ3n) is 4.99. The SMILES string of the molecule is CCN(CC)Cc1ccc(NC(=O)c2[nH]ncc2Nc2ncnc3[nH]ccc23)cc1. The number of carbonyl (C=O) groups excluding carboxylic acids is 1. The van der Waals surface area contributed by atoms with Crippen molar-refractivity contribution in [2.45, 2.75) is 20.4 Å². The maximum atomic E-state index is 12.8. The summed E-state index contributed by atoms with van der Waals surface area (Å²) in [5.74, 6) is 0.309. The highest BCUT2D eigenvalue weighted by Gasteiger charge is 2.16. The number of hydrogen-bond acceptors (Lipinski definition) is 6. The van der Waals surface area contributed by atoms with Gasteiger partial charge in [-0.05, 0) is 36.9 Å². The summed E-state index contributed by atoms with van der Waals surface area (Å²) in [6, 6.07) is 9.76. The van der Waals surface area contributed by atoms with Crippen LogP contribution in [0.2, 0.25) is 0 Å². The molecule has 0 spiro atoms. The van der Waals surface area contributed by atoms with Gasteiger partial charge in [0.25, 0.3) is 5.91 Å². The van der Waals surface area contributed by atoms with Gasteiger partial charge in [-0.2, -0.15) is 5.10 Å². The van der Waals surface area contributed by atoms with Crippen molar-refractivity contribution in [3.05, 3.63) is 60.3 Å². The highest BCUT2D eigenvalue weighted by molar-refractivity contribution is 6.07. The van der Waals surface area contributed by atoms with Gasteiger partial charge < -0.3 is 15.6 Å². The van der Waals surface area contributed by atoms with E-state index in [1.54, 1.807) is 12.4 Å². The summed E-state index contributed by atoms with van der Waals surface area (Å²) in [5.41, 5.74) is 3.50. The topological polar surface area (TPSA) is 115 Å². The average Bonchev–Trinajstić information content (AvgIpc) is 3.43. The zero-order valence-electron chi connectivity index (χ0n) is 16.9. The van der Waals surface area contributed by atoms with E-state index in [0.717, 1.165) is 30.7 Å². The van der Waals surface area contributed by atoms with Crippen LogP contribution in [0.1, 0.15) is 29.9 Å². The minimum atomic E-state index is -0.286. The molecule has 9 heteroatoms. The normalized spacial score (nSPS) is 11.2. The van der Waals surface area contributed by atoms with Gasteiger partial charge >= 0.3 is 0 Å². The van der Waals surface area contributed by atoms with Crippen LogP contribution in [0.25, 0.3) is 11.0 Å². The van der Waals surface area contributed by atoms with Crippen LogP contribution in [0.15, 0.2) is 49.1 Å². The number of amides is 1. The van der Waals surface area contributed by atoms with Gasteiger partial charge in [0, 0.05) is 18.4 Å². The zero-order valence-corrected chi connectivity index (χ0v) is 16.9. The fourth-order valence-corrected chi connectivity index (χ4v) is 3.25. The Hall–Kier alpha value is -3.72. The molecular formula is C21H24N8O. The van der Waals surface area contributed by atoms with Crippen LogP contribution in [0, 0.1) is 0 Å². The lowest BCUT2D eigenvalue weighted by molar-refractivity contribution is 0.102. The van der Waals surface area contributed by atoms with Crippen LogP contribution in [-0.2, 0) is 6.54 Å². The van der Waals surface area contributed by atoms with Crippen molar-refractivity contribution in [1.82, 2.24) is 30.0 Å². The Balaban J connectivity index is 1.46. The molecule has 154 valence electrons. The van der Waals surface area contributed by atoms with Gasteiger partial charge in [-0.1, -0.05) is 26.0 Å². The number of rotatable bonds is 8. The number of anilines is 3. The second-order valence-corrected chi connectivity index (χ2v) is 6.86.